The first-order valence-electron chi connectivity index (χ1n) is 5.89. The zero-order valence-electron chi connectivity index (χ0n) is 10.9. The van der Waals surface area contributed by atoms with Gasteiger partial charge in [0.15, 0.2) is 0 Å². The molecule has 1 heterocycles. The number of primary amides is 1. The highest BCUT2D eigenvalue weighted by molar-refractivity contribution is 7.98. The van der Waals surface area contributed by atoms with Gasteiger partial charge in [0.25, 0.3) is 0 Å². The number of carbonyl (C=O) groups excluding carboxylic acids is 1. The van der Waals surface area contributed by atoms with E-state index in [9.17, 15) is 4.79 Å². The molecule has 1 amide bonds. The maximum absolute atomic E-state index is 10.6. The number of hydrogen-bond donors (Lipinski definition) is 2. The van der Waals surface area contributed by atoms with E-state index in [4.69, 9.17) is 5.73 Å². The van der Waals surface area contributed by atoms with Crippen molar-refractivity contribution in [1.29, 1.82) is 0 Å². The molecule has 2 rings (SSSR count). The van der Waals surface area contributed by atoms with E-state index >= 15 is 0 Å². The quantitative estimate of drug-likeness (QED) is 0.501. The zero-order chi connectivity index (χ0) is 14.4. The number of nitrogens with zero attached hydrogens (tertiary/aromatic N) is 2. The molecular formula is C14H14N4OS. The Balaban J connectivity index is 2.08. The van der Waals surface area contributed by atoms with E-state index in [0.717, 1.165) is 16.3 Å². The number of nitrogens with two attached hydrogens (primary N) is 1. The Morgan fingerprint density at radius 1 is 1.30 bits per heavy atom. The molecule has 1 aromatic carbocycles. The summed E-state index contributed by atoms with van der Waals surface area (Å²) >= 11 is 1.56. The smallest absolute Gasteiger partial charge is 0.241 e. The van der Waals surface area contributed by atoms with Crippen LogP contribution in [0.2, 0.25) is 0 Å². The summed E-state index contributed by atoms with van der Waals surface area (Å²) in [4.78, 5) is 19.1. The van der Waals surface area contributed by atoms with Gasteiger partial charge in [-0.25, -0.2) is 9.97 Å². The van der Waals surface area contributed by atoms with E-state index in [1.165, 1.54) is 6.08 Å². The molecule has 1 aromatic heterocycles. The second kappa shape index (κ2) is 6.72. The Kier molecular flexibility index (Phi) is 4.73. The predicted octanol–water partition coefficient (Wildman–Crippen LogP) is 2.44. The van der Waals surface area contributed by atoms with E-state index in [1.54, 1.807) is 24.0 Å². The summed E-state index contributed by atoms with van der Waals surface area (Å²) in [5.41, 5.74) is 6.81. The molecule has 0 saturated carbocycles. The van der Waals surface area contributed by atoms with Gasteiger partial charge in [0.05, 0.1) is 0 Å². The third kappa shape index (κ3) is 4.10. The van der Waals surface area contributed by atoms with Crippen LogP contribution < -0.4 is 11.1 Å². The minimum absolute atomic E-state index is 0.463. The van der Waals surface area contributed by atoms with Gasteiger partial charge in [0.1, 0.15) is 5.03 Å². The maximum Gasteiger partial charge on any atom is 0.241 e. The van der Waals surface area contributed by atoms with Crippen LogP contribution in [-0.2, 0) is 4.79 Å². The Bertz CT molecular complexity index is 625. The third-order valence-electron chi connectivity index (χ3n) is 2.45. The average Bonchev–Trinajstić information content (AvgIpc) is 2.47. The minimum Gasteiger partial charge on any atom is -0.366 e. The van der Waals surface area contributed by atoms with Gasteiger partial charge in [-0.05, 0) is 36.1 Å². The Morgan fingerprint density at radius 3 is 2.70 bits per heavy atom. The molecule has 0 atom stereocenters. The van der Waals surface area contributed by atoms with E-state index in [0.29, 0.717) is 5.95 Å². The van der Waals surface area contributed by atoms with Gasteiger partial charge in [-0.3, -0.25) is 4.79 Å². The van der Waals surface area contributed by atoms with Crippen LogP contribution in [0, 0.1) is 0 Å². The number of nitrogens with one attached hydrogen (secondary N) is 1. The molecule has 3 N–H and O–H groups in total. The van der Waals surface area contributed by atoms with E-state index in [-0.39, 0.29) is 0 Å². The SMILES string of the molecule is CSc1ccnc(Nc2ccc(C=CC(N)=O)cc2)n1. The molecule has 20 heavy (non-hydrogen) atoms. The topological polar surface area (TPSA) is 80.9 Å². The first-order chi connectivity index (χ1) is 9.67. The fourth-order valence-corrected chi connectivity index (χ4v) is 1.88. The Morgan fingerprint density at radius 2 is 2.05 bits per heavy atom. The molecule has 5 nitrogen and oxygen atoms in total. The van der Waals surface area contributed by atoms with Gasteiger partial charge in [-0.15, -0.1) is 11.8 Å². The first-order valence-corrected chi connectivity index (χ1v) is 7.11. The highest BCUT2D eigenvalue weighted by Gasteiger charge is 1.99. The van der Waals surface area contributed by atoms with Crippen molar-refractivity contribution in [3.63, 3.8) is 0 Å². The number of carbonyl (C=O) groups is 1. The summed E-state index contributed by atoms with van der Waals surface area (Å²) in [6, 6.07) is 9.37. The fourth-order valence-electron chi connectivity index (χ4n) is 1.50. The van der Waals surface area contributed by atoms with Crippen LogP contribution in [0.15, 0.2) is 47.6 Å². The number of thioether (sulfide) groups is 1. The number of rotatable bonds is 5. The summed E-state index contributed by atoms with van der Waals surface area (Å²) in [5.74, 6) is 0.0896. The van der Waals surface area contributed by atoms with Crippen LogP contribution in [0.3, 0.4) is 0 Å². The monoisotopic (exact) mass is 286 g/mol. The number of hydrogen-bond acceptors (Lipinski definition) is 5. The molecule has 6 heteroatoms. The van der Waals surface area contributed by atoms with E-state index in [1.807, 2.05) is 36.6 Å². The van der Waals surface area contributed by atoms with Crippen molar-refractivity contribution >= 4 is 35.4 Å². The predicted molar refractivity (Wildman–Crippen MR) is 81.8 cm³/mol. The van der Waals surface area contributed by atoms with Crippen molar-refractivity contribution < 1.29 is 4.79 Å². The molecule has 0 aliphatic carbocycles. The van der Waals surface area contributed by atoms with Gasteiger partial charge in [0, 0.05) is 18.0 Å². The lowest BCUT2D eigenvalue weighted by molar-refractivity contribution is -0.113. The van der Waals surface area contributed by atoms with Crippen LogP contribution in [0.25, 0.3) is 6.08 Å². The highest BCUT2D eigenvalue weighted by Crippen LogP contribution is 2.17. The van der Waals surface area contributed by atoms with Crippen LogP contribution >= 0.6 is 11.8 Å². The summed E-state index contributed by atoms with van der Waals surface area (Å²) in [6.45, 7) is 0. The van der Waals surface area contributed by atoms with Gasteiger partial charge in [-0.2, -0.15) is 0 Å². The number of benzene rings is 1. The molecule has 0 aliphatic rings. The first kappa shape index (κ1) is 14.1. The third-order valence-corrected chi connectivity index (χ3v) is 3.09. The fraction of sp³-hybridized carbons (Fsp3) is 0.0714. The highest BCUT2D eigenvalue weighted by atomic mass is 32.2. The van der Waals surface area contributed by atoms with Crippen molar-refractivity contribution in [1.82, 2.24) is 9.97 Å². The van der Waals surface area contributed by atoms with Crippen LogP contribution in [0.1, 0.15) is 5.56 Å². The largest absolute Gasteiger partial charge is 0.366 e. The van der Waals surface area contributed by atoms with Crippen LogP contribution in [0.5, 0.6) is 0 Å². The summed E-state index contributed by atoms with van der Waals surface area (Å²) in [7, 11) is 0. The van der Waals surface area contributed by atoms with E-state index in [2.05, 4.69) is 15.3 Å². The molecule has 102 valence electrons. The standard InChI is InChI=1S/C14H14N4OS/c1-20-13-8-9-16-14(18-13)17-11-5-2-10(3-6-11)4-7-12(15)19/h2-9H,1H3,(H2,15,19)(H,16,17,18). The van der Waals surface area contributed by atoms with Gasteiger partial charge in [0.2, 0.25) is 11.9 Å². The van der Waals surface area contributed by atoms with Gasteiger partial charge >= 0.3 is 0 Å². The lowest BCUT2D eigenvalue weighted by atomic mass is 10.2. The molecule has 0 saturated heterocycles. The summed E-state index contributed by atoms with van der Waals surface area (Å²) < 4.78 is 0. The van der Waals surface area contributed by atoms with E-state index < -0.39 is 5.91 Å². The molecule has 0 aliphatic heterocycles. The Labute approximate surface area is 121 Å². The zero-order valence-corrected chi connectivity index (χ0v) is 11.7. The average molecular weight is 286 g/mol. The molecule has 0 bridgehead atoms. The minimum atomic E-state index is -0.463. The maximum atomic E-state index is 10.6. The molecule has 0 fully saturated rings. The molecule has 0 unspecified atom stereocenters. The summed E-state index contributed by atoms with van der Waals surface area (Å²) in [6.07, 6.45) is 6.67. The number of aromatic nitrogens is 2. The summed E-state index contributed by atoms with van der Waals surface area (Å²) in [5, 5.41) is 4.03. The molecular weight excluding hydrogens is 272 g/mol. The lowest BCUT2D eigenvalue weighted by Crippen LogP contribution is -2.05. The number of amides is 1. The van der Waals surface area contributed by atoms with Crippen LogP contribution in [0.4, 0.5) is 11.6 Å². The lowest BCUT2D eigenvalue weighted by Gasteiger charge is -2.05. The normalized spacial score (nSPS) is 10.7. The van der Waals surface area contributed by atoms with Crippen molar-refractivity contribution in [2.45, 2.75) is 5.03 Å². The second-order valence-corrected chi connectivity index (χ2v) is 4.73. The van der Waals surface area contributed by atoms with Crippen LogP contribution in [-0.4, -0.2) is 22.1 Å². The number of anilines is 2. The van der Waals surface area contributed by atoms with Crippen molar-refractivity contribution in [2.75, 3.05) is 11.6 Å². The molecule has 0 spiro atoms. The van der Waals surface area contributed by atoms with Gasteiger partial charge in [-0.1, -0.05) is 12.1 Å². The van der Waals surface area contributed by atoms with Crippen molar-refractivity contribution in [2.24, 2.45) is 5.73 Å². The van der Waals surface area contributed by atoms with Crippen molar-refractivity contribution in [3.8, 4) is 0 Å². The van der Waals surface area contributed by atoms with Crippen molar-refractivity contribution in [3.05, 3.63) is 48.2 Å². The molecule has 2 aromatic rings. The molecule has 0 radical (unpaired) electrons. The Hall–Kier alpha value is -2.34. The van der Waals surface area contributed by atoms with Gasteiger partial charge < -0.3 is 11.1 Å². The second-order valence-electron chi connectivity index (χ2n) is 3.91.